The smallest absolute Gasteiger partial charge is 0.182 e. The van der Waals surface area contributed by atoms with Gasteiger partial charge in [-0.05, 0) is 36.4 Å². The third-order valence-corrected chi connectivity index (χ3v) is 4.61. The first kappa shape index (κ1) is 17.0. The molecule has 0 saturated carbocycles. The summed E-state index contributed by atoms with van der Waals surface area (Å²) in [4.78, 5) is 17.5. The van der Waals surface area contributed by atoms with Gasteiger partial charge in [0.1, 0.15) is 11.5 Å². The van der Waals surface area contributed by atoms with E-state index in [0.717, 1.165) is 11.1 Å². The molecule has 26 heavy (non-hydrogen) atoms. The zero-order valence-electron chi connectivity index (χ0n) is 13.1. The molecule has 0 aliphatic rings. The quantitative estimate of drug-likeness (QED) is 0.470. The maximum absolute atomic E-state index is 6.13. The van der Waals surface area contributed by atoms with Gasteiger partial charge in [-0.1, -0.05) is 34.8 Å². The minimum Gasteiger partial charge on any atom is -0.340 e. The molecule has 0 amide bonds. The molecule has 0 bridgehead atoms. The zero-order valence-corrected chi connectivity index (χ0v) is 15.4. The second-order valence-corrected chi connectivity index (χ2v) is 6.65. The molecular formula is C18H10Cl3N5. The maximum atomic E-state index is 6.13. The lowest BCUT2D eigenvalue weighted by molar-refractivity contribution is 1.13. The molecule has 2 aromatic heterocycles. The van der Waals surface area contributed by atoms with E-state index in [1.54, 1.807) is 42.9 Å². The van der Waals surface area contributed by atoms with Crippen molar-refractivity contribution >= 4 is 57.2 Å². The van der Waals surface area contributed by atoms with Crippen molar-refractivity contribution in [3.8, 4) is 11.5 Å². The van der Waals surface area contributed by atoms with E-state index in [0.29, 0.717) is 37.9 Å². The third-order valence-electron chi connectivity index (χ3n) is 3.63. The van der Waals surface area contributed by atoms with Crippen LogP contribution in [0.3, 0.4) is 0 Å². The first-order valence-electron chi connectivity index (χ1n) is 7.56. The number of nitrogens with zero attached hydrogens (tertiary/aromatic N) is 4. The molecule has 0 saturated heterocycles. The molecule has 2 aromatic carbocycles. The second-order valence-electron chi connectivity index (χ2n) is 5.40. The number of benzene rings is 2. The predicted octanol–water partition coefficient (Wildman–Crippen LogP) is 5.79. The number of aromatic nitrogens is 4. The average molecular weight is 403 g/mol. The van der Waals surface area contributed by atoms with Crippen molar-refractivity contribution in [1.82, 2.24) is 19.9 Å². The SMILES string of the molecule is Clc1ccc2c(Nc3ccc(Cl)c(Cl)c3)nc(-c3cnccn3)nc2c1. The van der Waals surface area contributed by atoms with Gasteiger partial charge in [0.2, 0.25) is 0 Å². The monoisotopic (exact) mass is 401 g/mol. The summed E-state index contributed by atoms with van der Waals surface area (Å²) in [7, 11) is 0. The number of nitrogens with one attached hydrogen (secondary N) is 1. The maximum Gasteiger partial charge on any atom is 0.182 e. The summed E-state index contributed by atoms with van der Waals surface area (Å²) in [6.07, 6.45) is 4.79. The highest BCUT2D eigenvalue weighted by molar-refractivity contribution is 6.42. The molecule has 0 fully saturated rings. The number of hydrogen-bond acceptors (Lipinski definition) is 5. The minimum atomic E-state index is 0.440. The fraction of sp³-hybridized carbons (Fsp3) is 0. The van der Waals surface area contributed by atoms with E-state index in [2.05, 4.69) is 25.3 Å². The van der Waals surface area contributed by atoms with Crippen molar-refractivity contribution in [2.75, 3.05) is 5.32 Å². The molecule has 0 aliphatic carbocycles. The minimum absolute atomic E-state index is 0.440. The van der Waals surface area contributed by atoms with Crippen LogP contribution in [0, 0.1) is 0 Å². The van der Waals surface area contributed by atoms with Gasteiger partial charge < -0.3 is 5.32 Å². The molecule has 8 heteroatoms. The Morgan fingerprint density at radius 2 is 1.73 bits per heavy atom. The second kappa shape index (κ2) is 7.03. The van der Waals surface area contributed by atoms with Crippen LogP contribution < -0.4 is 5.32 Å². The molecule has 0 atom stereocenters. The molecule has 4 aromatic rings. The van der Waals surface area contributed by atoms with Crippen LogP contribution in [-0.2, 0) is 0 Å². The van der Waals surface area contributed by atoms with Gasteiger partial charge in [-0.25, -0.2) is 15.0 Å². The van der Waals surface area contributed by atoms with Crippen LogP contribution in [-0.4, -0.2) is 19.9 Å². The van der Waals surface area contributed by atoms with E-state index in [-0.39, 0.29) is 0 Å². The lowest BCUT2D eigenvalue weighted by Crippen LogP contribution is -2.00. The molecule has 0 aliphatic heterocycles. The summed E-state index contributed by atoms with van der Waals surface area (Å²) < 4.78 is 0. The fourth-order valence-corrected chi connectivity index (χ4v) is 2.90. The van der Waals surface area contributed by atoms with Gasteiger partial charge in [-0.15, -0.1) is 0 Å². The predicted molar refractivity (Wildman–Crippen MR) is 105 cm³/mol. The molecule has 1 N–H and O–H groups in total. The fourth-order valence-electron chi connectivity index (χ4n) is 2.44. The molecule has 4 rings (SSSR count). The Labute approximate surface area is 164 Å². The van der Waals surface area contributed by atoms with Crippen molar-refractivity contribution in [3.63, 3.8) is 0 Å². The van der Waals surface area contributed by atoms with Gasteiger partial charge >= 0.3 is 0 Å². The largest absolute Gasteiger partial charge is 0.340 e. The number of rotatable bonds is 3. The van der Waals surface area contributed by atoms with Crippen LogP contribution in [0.4, 0.5) is 11.5 Å². The molecule has 0 radical (unpaired) electrons. The van der Waals surface area contributed by atoms with E-state index >= 15 is 0 Å². The summed E-state index contributed by atoms with van der Waals surface area (Å²) in [6, 6.07) is 10.7. The highest BCUT2D eigenvalue weighted by Crippen LogP contribution is 2.31. The average Bonchev–Trinajstić information content (AvgIpc) is 2.65. The van der Waals surface area contributed by atoms with Gasteiger partial charge in [0, 0.05) is 28.5 Å². The van der Waals surface area contributed by atoms with Crippen molar-refractivity contribution in [1.29, 1.82) is 0 Å². The first-order valence-corrected chi connectivity index (χ1v) is 8.69. The van der Waals surface area contributed by atoms with Crippen molar-refractivity contribution in [3.05, 3.63) is 70.1 Å². The Kier molecular flexibility index (Phi) is 4.59. The lowest BCUT2D eigenvalue weighted by Gasteiger charge is -2.11. The Bertz CT molecular complexity index is 1100. The number of anilines is 2. The van der Waals surface area contributed by atoms with Crippen molar-refractivity contribution < 1.29 is 0 Å². The molecule has 2 heterocycles. The van der Waals surface area contributed by atoms with Gasteiger partial charge in [-0.3, -0.25) is 4.98 Å². The Morgan fingerprint density at radius 3 is 2.50 bits per heavy atom. The van der Waals surface area contributed by atoms with Crippen LogP contribution in [0.5, 0.6) is 0 Å². The summed E-state index contributed by atoms with van der Waals surface area (Å²) in [5.41, 5.74) is 2.00. The van der Waals surface area contributed by atoms with E-state index in [9.17, 15) is 0 Å². The summed E-state index contributed by atoms with van der Waals surface area (Å²) in [5.74, 6) is 1.04. The van der Waals surface area contributed by atoms with E-state index in [1.807, 2.05) is 12.1 Å². The normalized spacial score (nSPS) is 10.9. The Hall–Kier alpha value is -2.47. The highest BCUT2D eigenvalue weighted by atomic mass is 35.5. The summed E-state index contributed by atoms with van der Waals surface area (Å²) in [5, 5.41) is 5.59. The van der Waals surface area contributed by atoms with Gasteiger partial charge in [0.05, 0.1) is 21.8 Å². The Balaban J connectivity index is 1.87. The molecule has 128 valence electrons. The molecule has 5 nitrogen and oxygen atoms in total. The van der Waals surface area contributed by atoms with Gasteiger partial charge in [-0.2, -0.15) is 0 Å². The van der Waals surface area contributed by atoms with Crippen LogP contribution in [0.15, 0.2) is 55.0 Å². The van der Waals surface area contributed by atoms with Crippen LogP contribution in [0.1, 0.15) is 0 Å². The topological polar surface area (TPSA) is 63.6 Å². The zero-order chi connectivity index (χ0) is 18.1. The highest BCUT2D eigenvalue weighted by Gasteiger charge is 2.12. The van der Waals surface area contributed by atoms with E-state index < -0.39 is 0 Å². The van der Waals surface area contributed by atoms with Gasteiger partial charge in [0.25, 0.3) is 0 Å². The van der Waals surface area contributed by atoms with Crippen LogP contribution >= 0.6 is 34.8 Å². The summed E-state index contributed by atoms with van der Waals surface area (Å²) >= 11 is 18.2. The van der Waals surface area contributed by atoms with E-state index in [1.165, 1.54) is 0 Å². The standard InChI is InChI=1S/C18H10Cl3N5/c19-10-1-3-12-15(7-10)25-18(16-9-22-5-6-23-16)26-17(12)24-11-2-4-13(20)14(21)8-11/h1-9H,(H,24,25,26). The van der Waals surface area contributed by atoms with E-state index in [4.69, 9.17) is 34.8 Å². The summed E-state index contributed by atoms with van der Waals surface area (Å²) in [6.45, 7) is 0. The number of hydrogen-bond donors (Lipinski definition) is 1. The number of halogens is 3. The van der Waals surface area contributed by atoms with Crippen molar-refractivity contribution in [2.45, 2.75) is 0 Å². The van der Waals surface area contributed by atoms with Crippen LogP contribution in [0.25, 0.3) is 22.4 Å². The molecule has 0 spiro atoms. The third kappa shape index (κ3) is 3.42. The van der Waals surface area contributed by atoms with Crippen LogP contribution in [0.2, 0.25) is 15.1 Å². The molecular weight excluding hydrogens is 393 g/mol. The van der Waals surface area contributed by atoms with Gasteiger partial charge in [0.15, 0.2) is 5.82 Å². The first-order chi connectivity index (χ1) is 12.6. The molecule has 0 unspecified atom stereocenters. The number of fused-ring (bicyclic) bond motifs is 1. The lowest BCUT2D eigenvalue weighted by atomic mass is 10.2. The Morgan fingerprint density at radius 1 is 0.846 bits per heavy atom. The van der Waals surface area contributed by atoms with Crippen molar-refractivity contribution in [2.24, 2.45) is 0 Å².